The van der Waals surface area contributed by atoms with Gasteiger partial charge in [0.2, 0.25) is 0 Å². The Hall–Kier alpha value is -2.11. The Balaban J connectivity index is 2.07. The number of urea groups is 1. The number of anilines is 1. The van der Waals surface area contributed by atoms with Crippen LogP contribution in [0, 0.1) is 5.82 Å². The van der Waals surface area contributed by atoms with Crippen molar-refractivity contribution >= 4 is 17.7 Å². The van der Waals surface area contributed by atoms with Gasteiger partial charge in [-0.3, -0.25) is 0 Å². The first-order valence-corrected chi connectivity index (χ1v) is 7.16. The van der Waals surface area contributed by atoms with Gasteiger partial charge in [-0.1, -0.05) is 19.3 Å². The molecule has 0 bridgehead atoms. The number of benzene rings is 1. The van der Waals surface area contributed by atoms with E-state index in [0.29, 0.717) is 13.1 Å². The predicted octanol–water partition coefficient (Wildman–Crippen LogP) is 3.32. The van der Waals surface area contributed by atoms with Gasteiger partial charge < -0.3 is 15.3 Å². The Morgan fingerprint density at radius 1 is 1.10 bits per heavy atom. The summed E-state index contributed by atoms with van der Waals surface area (Å²) in [5.74, 6) is -1.79. The van der Waals surface area contributed by atoms with Crippen molar-refractivity contribution in [3.05, 3.63) is 29.6 Å². The minimum atomic E-state index is -1.16. The summed E-state index contributed by atoms with van der Waals surface area (Å²) in [4.78, 5) is 24.7. The molecule has 6 heteroatoms. The highest BCUT2D eigenvalue weighted by molar-refractivity contribution is 5.93. The number of carbonyl (C=O) groups is 2. The lowest BCUT2D eigenvalue weighted by atomic mass is 10.1. The number of amides is 2. The van der Waals surface area contributed by atoms with Gasteiger partial charge in [0.05, 0.1) is 11.3 Å². The molecule has 1 saturated heterocycles. The highest BCUT2D eigenvalue weighted by atomic mass is 19.1. The topological polar surface area (TPSA) is 69.6 Å². The number of hydrogen-bond acceptors (Lipinski definition) is 2. The molecule has 2 N–H and O–H groups in total. The van der Waals surface area contributed by atoms with Gasteiger partial charge >= 0.3 is 12.0 Å². The smallest absolute Gasteiger partial charge is 0.335 e. The second kappa shape index (κ2) is 7.06. The average Bonchev–Trinajstić information content (AvgIpc) is 2.40. The molecule has 114 valence electrons. The number of halogens is 1. The van der Waals surface area contributed by atoms with Crippen molar-refractivity contribution in [1.82, 2.24) is 4.90 Å². The number of nitrogens with zero attached hydrogens (tertiary/aromatic N) is 1. The standard InChI is InChI=1S/C15H19FN2O3/c16-12-7-6-11(14(19)20)10-13(12)17-15(21)18-8-4-2-1-3-5-9-18/h6-7,10H,1-5,8-9H2,(H,17,21)(H,19,20). The van der Waals surface area contributed by atoms with Crippen LogP contribution in [0.1, 0.15) is 42.5 Å². The molecular weight excluding hydrogens is 275 g/mol. The van der Waals surface area contributed by atoms with Crippen molar-refractivity contribution in [2.45, 2.75) is 32.1 Å². The fourth-order valence-corrected chi connectivity index (χ4v) is 2.40. The highest BCUT2D eigenvalue weighted by Gasteiger charge is 2.17. The molecule has 1 aliphatic heterocycles. The minimum Gasteiger partial charge on any atom is -0.478 e. The van der Waals surface area contributed by atoms with Gasteiger partial charge in [0, 0.05) is 13.1 Å². The van der Waals surface area contributed by atoms with Crippen molar-refractivity contribution in [2.75, 3.05) is 18.4 Å². The van der Waals surface area contributed by atoms with Gasteiger partial charge in [-0.05, 0) is 31.0 Å². The Bertz CT molecular complexity index is 526. The number of likely N-dealkylation sites (tertiary alicyclic amines) is 1. The third-order valence-electron chi connectivity index (χ3n) is 3.60. The van der Waals surface area contributed by atoms with Gasteiger partial charge in [0.15, 0.2) is 0 Å². The zero-order chi connectivity index (χ0) is 15.2. The number of carboxylic acids is 1. The van der Waals surface area contributed by atoms with E-state index in [-0.39, 0.29) is 17.3 Å². The van der Waals surface area contributed by atoms with E-state index in [0.717, 1.165) is 37.8 Å². The summed E-state index contributed by atoms with van der Waals surface area (Å²) in [6.07, 6.45) is 5.24. The number of rotatable bonds is 2. The molecule has 1 aromatic rings. The van der Waals surface area contributed by atoms with E-state index >= 15 is 0 Å². The number of hydrogen-bond donors (Lipinski definition) is 2. The van der Waals surface area contributed by atoms with Crippen LogP contribution in [-0.4, -0.2) is 35.1 Å². The van der Waals surface area contributed by atoms with Crippen LogP contribution in [-0.2, 0) is 0 Å². The van der Waals surface area contributed by atoms with E-state index in [1.165, 1.54) is 12.5 Å². The van der Waals surface area contributed by atoms with Gasteiger partial charge in [0.25, 0.3) is 0 Å². The van der Waals surface area contributed by atoms with Gasteiger partial charge in [-0.15, -0.1) is 0 Å². The molecule has 1 aromatic carbocycles. The maximum atomic E-state index is 13.7. The fourth-order valence-electron chi connectivity index (χ4n) is 2.40. The van der Waals surface area contributed by atoms with E-state index in [1.807, 2.05) is 0 Å². The normalized spacial score (nSPS) is 16.0. The van der Waals surface area contributed by atoms with Crippen LogP contribution in [0.15, 0.2) is 18.2 Å². The van der Waals surface area contributed by atoms with Crippen molar-refractivity contribution < 1.29 is 19.1 Å². The lowest BCUT2D eigenvalue weighted by molar-refractivity contribution is 0.0697. The number of nitrogens with one attached hydrogen (secondary N) is 1. The molecule has 0 atom stereocenters. The molecule has 0 radical (unpaired) electrons. The van der Waals surface area contributed by atoms with Crippen LogP contribution in [0.2, 0.25) is 0 Å². The van der Waals surface area contributed by atoms with E-state index in [9.17, 15) is 14.0 Å². The molecule has 0 aromatic heterocycles. The SMILES string of the molecule is O=C(O)c1ccc(F)c(NC(=O)N2CCCCCCC2)c1. The highest BCUT2D eigenvalue weighted by Crippen LogP contribution is 2.18. The molecule has 5 nitrogen and oxygen atoms in total. The van der Waals surface area contributed by atoms with E-state index in [4.69, 9.17) is 5.11 Å². The van der Waals surface area contributed by atoms with Crippen LogP contribution < -0.4 is 5.32 Å². The summed E-state index contributed by atoms with van der Waals surface area (Å²) >= 11 is 0. The molecular formula is C15H19FN2O3. The lowest BCUT2D eigenvalue weighted by Gasteiger charge is -2.25. The summed E-state index contributed by atoms with van der Waals surface area (Å²) in [6.45, 7) is 1.29. The Kier molecular flexibility index (Phi) is 5.14. The summed E-state index contributed by atoms with van der Waals surface area (Å²) in [5, 5.41) is 11.4. The minimum absolute atomic E-state index is 0.0561. The van der Waals surface area contributed by atoms with Crippen molar-refractivity contribution in [3.8, 4) is 0 Å². The van der Waals surface area contributed by atoms with Gasteiger partial charge in [-0.25, -0.2) is 14.0 Å². The monoisotopic (exact) mass is 294 g/mol. The Morgan fingerprint density at radius 2 is 1.71 bits per heavy atom. The third-order valence-corrected chi connectivity index (χ3v) is 3.60. The van der Waals surface area contributed by atoms with Crippen molar-refractivity contribution in [2.24, 2.45) is 0 Å². The van der Waals surface area contributed by atoms with Gasteiger partial charge in [0.1, 0.15) is 5.82 Å². The summed E-state index contributed by atoms with van der Waals surface area (Å²) in [5.41, 5.74) is -0.152. The van der Waals surface area contributed by atoms with Crippen LogP contribution >= 0.6 is 0 Å². The number of carboxylic acid groups (broad SMARTS) is 1. The lowest BCUT2D eigenvalue weighted by Crippen LogP contribution is -2.37. The van der Waals surface area contributed by atoms with E-state index in [1.54, 1.807) is 4.90 Å². The van der Waals surface area contributed by atoms with Crippen molar-refractivity contribution in [3.63, 3.8) is 0 Å². The van der Waals surface area contributed by atoms with Crippen LogP contribution in [0.3, 0.4) is 0 Å². The first-order valence-electron chi connectivity index (χ1n) is 7.16. The molecule has 1 aliphatic rings. The van der Waals surface area contributed by atoms with Crippen LogP contribution in [0.4, 0.5) is 14.9 Å². The quantitative estimate of drug-likeness (QED) is 0.879. The molecule has 0 aliphatic carbocycles. The zero-order valence-electron chi connectivity index (χ0n) is 11.8. The Labute approximate surface area is 122 Å². The maximum absolute atomic E-state index is 13.7. The second-order valence-corrected chi connectivity index (χ2v) is 5.18. The second-order valence-electron chi connectivity index (χ2n) is 5.18. The van der Waals surface area contributed by atoms with Crippen LogP contribution in [0.5, 0.6) is 0 Å². The van der Waals surface area contributed by atoms with Gasteiger partial charge in [-0.2, -0.15) is 0 Å². The molecule has 0 unspecified atom stereocenters. The van der Waals surface area contributed by atoms with Crippen LogP contribution in [0.25, 0.3) is 0 Å². The summed E-state index contributed by atoms with van der Waals surface area (Å²) in [7, 11) is 0. The molecule has 21 heavy (non-hydrogen) atoms. The zero-order valence-corrected chi connectivity index (χ0v) is 11.8. The third kappa shape index (κ3) is 4.18. The first-order chi connectivity index (χ1) is 10.1. The summed E-state index contributed by atoms with van der Waals surface area (Å²) in [6, 6.07) is 2.98. The van der Waals surface area contributed by atoms with Crippen molar-refractivity contribution in [1.29, 1.82) is 0 Å². The average molecular weight is 294 g/mol. The fraction of sp³-hybridized carbons (Fsp3) is 0.467. The van der Waals surface area contributed by atoms with E-state index < -0.39 is 11.8 Å². The van der Waals surface area contributed by atoms with E-state index in [2.05, 4.69) is 5.32 Å². The number of aromatic carboxylic acids is 1. The molecule has 2 rings (SSSR count). The molecule has 0 spiro atoms. The first kappa shape index (κ1) is 15.3. The molecule has 0 saturated carbocycles. The molecule has 1 heterocycles. The Morgan fingerprint density at radius 3 is 2.33 bits per heavy atom. The maximum Gasteiger partial charge on any atom is 0.335 e. The predicted molar refractivity (Wildman–Crippen MR) is 77.0 cm³/mol. The number of carbonyl (C=O) groups excluding carboxylic acids is 1. The summed E-state index contributed by atoms with van der Waals surface area (Å²) < 4.78 is 13.7. The largest absolute Gasteiger partial charge is 0.478 e. The molecule has 1 fully saturated rings. The molecule has 2 amide bonds.